The highest BCUT2D eigenvalue weighted by Gasteiger charge is 2.13. The molecule has 0 unspecified atom stereocenters. The van der Waals surface area contributed by atoms with Gasteiger partial charge in [0.1, 0.15) is 12.4 Å². The fourth-order valence-electron chi connectivity index (χ4n) is 2.89. The van der Waals surface area contributed by atoms with Crippen molar-refractivity contribution >= 4 is 27.6 Å². The van der Waals surface area contributed by atoms with E-state index in [1.807, 2.05) is 13.0 Å². The van der Waals surface area contributed by atoms with Crippen LogP contribution in [0.25, 0.3) is 0 Å². The molecule has 0 saturated carbocycles. The minimum Gasteiger partial charge on any atom is -0.493 e. The summed E-state index contributed by atoms with van der Waals surface area (Å²) in [4.78, 5) is 11.2. The minimum atomic E-state index is -0.975. The van der Waals surface area contributed by atoms with Gasteiger partial charge in [-0.3, -0.25) is 0 Å². The lowest BCUT2D eigenvalue weighted by molar-refractivity contribution is 0.0697. The number of aromatic carboxylic acids is 1. The number of rotatable bonds is 8. The van der Waals surface area contributed by atoms with Crippen LogP contribution in [0.4, 0.5) is 10.1 Å². The molecule has 0 aromatic heterocycles. The molecule has 0 heterocycles. The maximum atomic E-state index is 13.8. The van der Waals surface area contributed by atoms with E-state index in [0.29, 0.717) is 23.6 Å². The zero-order valence-electron chi connectivity index (χ0n) is 16.5. The van der Waals surface area contributed by atoms with Crippen LogP contribution >= 0.6 is 15.9 Å². The molecule has 0 aliphatic heterocycles. The molecule has 0 amide bonds. The summed E-state index contributed by atoms with van der Waals surface area (Å²) in [6, 6.07) is 15.0. The van der Waals surface area contributed by atoms with E-state index in [4.69, 9.17) is 9.47 Å². The number of aryl methyl sites for hydroxylation is 1. The van der Waals surface area contributed by atoms with Gasteiger partial charge in [0.05, 0.1) is 12.7 Å². The monoisotopic (exact) mass is 473 g/mol. The van der Waals surface area contributed by atoms with Gasteiger partial charge in [0.15, 0.2) is 11.5 Å². The third kappa shape index (κ3) is 5.10. The number of halogens is 2. The molecule has 0 fully saturated rings. The average Bonchev–Trinajstić information content (AvgIpc) is 2.73. The maximum absolute atomic E-state index is 13.8. The molecule has 0 radical (unpaired) electrons. The Bertz CT molecular complexity index is 1070. The highest BCUT2D eigenvalue weighted by molar-refractivity contribution is 9.10. The van der Waals surface area contributed by atoms with Gasteiger partial charge in [-0.1, -0.05) is 40.2 Å². The average molecular weight is 474 g/mol. The number of hydrogen-bond donors (Lipinski definition) is 2. The zero-order valence-corrected chi connectivity index (χ0v) is 18.1. The van der Waals surface area contributed by atoms with Gasteiger partial charge in [-0.05, 0) is 48.4 Å². The maximum Gasteiger partial charge on any atom is 0.335 e. The van der Waals surface area contributed by atoms with Crippen LogP contribution in [0.15, 0.2) is 59.1 Å². The van der Waals surface area contributed by atoms with Gasteiger partial charge in [-0.15, -0.1) is 0 Å². The van der Waals surface area contributed by atoms with E-state index >= 15 is 0 Å². The van der Waals surface area contributed by atoms with Gasteiger partial charge in [0.25, 0.3) is 0 Å². The quantitative estimate of drug-likeness (QED) is 0.432. The number of benzene rings is 3. The first-order valence-electron chi connectivity index (χ1n) is 9.19. The zero-order chi connectivity index (χ0) is 21.7. The van der Waals surface area contributed by atoms with Crippen molar-refractivity contribution in [3.8, 4) is 11.5 Å². The first-order valence-corrected chi connectivity index (χ1v) is 9.98. The van der Waals surface area contributed by atoms with E-state index in [2.05, 4.69) is 21.2 Å². The van der Waals surface area contributed by atoms with Crippen molar-refractivity contribution < 1.29 is 23.8 Å². The summed E-state index contributed by atoms with van der Waals surface area (Å²) in [6.07, 6.45) is 0. The topological polar surface area (TPSA) is 67.8 Å². The van der Waals surface area contributed by atoms with E-state index in [9.17, 15) is 14.3 Å². The van der Waals surface area contributed by atoms with Crippen LogP contribution in [0.2, 0.25) is 0 Å². The third-order valence-electron chi connectivity index (χ3n) is 4.63. The molecule has 3 aromatic carbocycles. The van der Waals surface area contributed by atoms with Gasteiger partial charge in [-0.25, -0.2) is 9.18 Å². The van der Waals surface area contributed by atoms with Crippen LogP contribution in [0.3, 0.4) is 0 Å². The number of methoxy groups -OCH3 is 1. The Hall–Kier alpha value is -3.06. The molecule has 5 nitrogen and oxygen atoms in total. The van der Waals surface area contributed by atoms with Gasteiger partial charge < -0.3 is 19.9 Å². The normalized spacial score (nSPS) is 10.5. The first-order chi connectivity index (χ1) is 14.4. The fraction of sp³-hybridized carbons (Fsp3) is 0.174. The molecular weight excluding hydrogens is 453 g/mol. The molecule has 0 spiro atoms. The summed E-state index contributed by atoms with van der Waals surface area (Å²) in [5.74, 6) is -0.296. The summed E-state index contributed by atoms with van der Waals surface area (Å²) < 4.78 is 25.8. The Morgan fingerprint density at radius 1 is 1.10 bits per heavy atom. The molecule has 3 rings (SSSR count). The highest BCUT2D eigenvalue weighted by Crippen LogP contribution is 2.34. The number of hydrogen-bond acceptors (Lipinski definition) is 4. The van der Waals surface area contributed by atoms with Gasteiger partial charge in [0.2, 0.25) is 0 Å². The molecule has 0 saturated heterocycles. The van der Waals surface area contributed by atoms with E-state index < -0.39 is 5.97 Å². The Morgan fingerprint density at radius 2 is 1.87 bits per heavy atom. The van der Waals surface area contributed by atoms with E-state index in [0.717, 1.165) is 21.3 Å². The van der Waals surface area contributed by atoms with Crippen LogP contribution in [-0.4, -0.2) is 18.2 Å². The molecule has 0 bridgehead atoms. The Balaban J connectivity index is 1.76. The standard InChI is InChI=1S/C23H21BrFNO4/c1-14-7-8-15(23(27)28)9-20(14)26-12-17-10-21(29-2)22(11-18(17)24)30-13-16-5-3-4-6-19(16)25/h3-11,26H,12-13H2,1-2H3,(H,27,28). The summed E-state index contributed by atoms with van der Waals surface area (Å²) in [6.45, 7) is 2.42. The minimum absolute atomic E-state index is 0.0776. The second-order valence-electron chi connectivity index (χ2n) is 6.66. The number of carbonyl (C=O) groups is 1. The molecule has 3 aromatic rings. The SMILES string of the molecule is COc1cc(CNc2cc(C(=O)O)ccc2C)c(Br)cc1OCc1ccccc1F. The van der Waals surface area contributed by atoms with Crippen LogP contribution in [0.5, 0.6) is 11.5 Å². The molecule has 0 aliphatic carbocycles. The fourth-order valence-corrected chi connectivity index (χ4v) is 3.35. The van der Waals surface area contributed by atoms with E-state index in [-0.39, 0.29) is 18.0 Å². The van der Waals surface area contributed by atoms with Crippen molar-refractivity contribution in [2.24, 2.45) is 0 Å². The van der Waals surface area contributed by atoms with Crippen LogP contribution in [-0.2, 0) is 13.2 Å². The molecule has 0 aliphatic rings. The van der Waals surface area contributed by atoms with Crippen LogP contribution in [0, 0.1) is 12.7 Å². The summed E-state index contributed by atoms with van der Waals surface area (Å²) in [5.41, 5.74) is 3.24. The number of anilines is 1. The molecule has 7 heteroatoms. The molecule has 0 atom stereocenters. The lowest BCUT2D eigenvalue weighted by Gasteiger charge is -2.16. The second kappa shape index (κ2) is 9.63. The van der Waals surface area contributed by atoms with Crippen LogP contribution < -0.4 is 14.8 Å². The van der Waals surface area contributed by atoms with Crippen molar-refractivity contribution in [2.45, 2.75) is 20.1 Å². The number of carboxylic acid groups (broad SMARTS) is 1. The summed E-state index contributed by atoms with van der Waals surface area (Å²) >= 11 is 3.54. The molecular formula is C23H21BrFNO4. The Labute approximate surface area is 182 Å². The molecule has 156 valence electrons. The summed E-state index contributed by atoms with van der Waals surface area (Å²) in [5, 5.41) is 12.5. The van der Waals surface area contributed by atoms with E-state index in [1.165, 1.54) is 13.2 Å². The van der Waals surface area contributed by atoms with Gasteiger partial charge in [-0.2, -0.15) is 0 Å². The van der Waals surface area contributed by atoms with Crippen LogP contribution in [0.1, 0.15) is 27.0 Å². The number of carboxylic acids is 1. The lowest BCUT2D eigenvalue weighted by atomic mass is 10.1. The Kier molecular flexibility index (Phi) is 6.95. The van der Waals surface area contributed by atoms with Crippen molar-refractivity contribution in [3.05, 3.63) is 87.1 Å². The van der Waals surface area contributed by atoms with Crippen molar-refractivity contribution in [3.63, 3.8) is 0 Å². The molecule has 30 heavy (non-hydrogen) atoms. The Morgan fingerprint density at radius 3 is 2.57 bits per heavy atom. The smallest absolute Gasteiger partial charge is 0.335 e. The van der Waals surface area contributed by atoms with Crippen molar-refractivity contribution in [1.29, 1.82) is 0 Å². The molecule has 2 N–H and O–H groups in total. The number of ether oxygens (including phenoxy) is 2. The van der Waals surface area contributed by atoms with Gasteiger partial charge in [0, 0.05) is 22.3 Å². The van der Waals surface area contributed by atoms with Crippen molar-refractivity contribution in [1.82, 2.24) is 0 Å². The predicted octanol–water partition coefficient (Wildman–Crippen LogP) is 5.79. The van der Waals surface area contributed by atoms with E-state index in [1.54, 1.807) is 42.5 Å². The lowest BCUT2D eigenvalue weighted by Crippen LogP contribution is -2.05. The number of nitrogens with one attached hydrogen (secondary N) is 1. The second-order valence-corrected chi connectivity index (χ2v) is 7.52. The van der Waals surface area contributed by atoms with Gasteiger partial charge >= 0.3 is 5.97 Å². The highest BCUT2D eigenvalue weighted by atomic mass is 79.9. The third-order valence-corrected chi connectivity index (χ3v) is 5.37. The summed E-state index contributed by atoms with van der Waals surface area (Å²) in [7, 11) is 1.54. The van der Waals surface area contributed by atoms with Crippen molar-refractivity contribution in [2.75, 3.05) is 12.4 Å². The predicted molar refractivity (Wildman–Crippen MR) is 117 cm³/mol. The first kappa shape index (κ1) is 21.6. The largest absolute Gasteiger partial charge is 0.493 e.